The number of rotatable bonds is 11. The Hall–Kier alpha value is -0.470. The van der Waals surface area contributed by atoms with Crippen LogP contribution < -0.4 is 10.0 Å². The standard InChI is InChI=1S/C14H26N2O3S2/c1-4-5-8-19-9-6-7-16-21(17,18)14-10-13(11-15-3)20-12(14)2/h10,15-16H,4-9,11H2,1-3H3. The summed E-state index contributed by atoms with van der Waals surface area (Å²) in [6, 6.07) is 1.75. The minimum atomic E-state index is -3.41. The second kappa shape index (κ2) is 9.53. The number of sulfonamides is 1. The van der Waals surface area contributed by atoms with Gasteiger partial charge < -0.3 is 10.1 Å². The third-order valence-electron chi connectivity index (χ3n) is 2.96. The Kier molecular flexibility index (Phi) is 8.43. The average Bonchev–Trinajstić information content (AvgIpc) is 2.80. The van der Waals surface area contributed by atoms with Crippen molar-refractivity contribution in [3.63, 3.8) is 0 Å². The first-order valence-electron chi connectivity index (χ1n) is 7.32. The Morgan fingerprint density at radius 3 is 2.67 bits per heavy atom. The highest BCUT2D eigenvalue weighted by Gasteiger charge is 2.19. The van der Waals surface area contributed by atoms with Gasteiger partial charge in [-0.1, -0.05) is 13.3 Å². The monoisotopic (exact) mass is 334 g/mol. The Morgan fingerprint density at radius 1 is 1.29 bits per heavy atom. The van der Waals surface area contributed by atoms with Gasteiger partial charge in [-0.3, -0.25) is 0 Å². The second-order valence-electron chi connectivity index (χ2n) is 4.88. The molecule has 0 saturated carbocycles. The highest BCUT2D eigenvalue weighted by Crippen LogP contribution is 2.25. The van der Waals surface area contributed by atoms with Crippen LogP contribution >= 0.6 is 11.3 Å². The van der Waals surface area contributed by atoms with Gasteiger partial charge in [0, 0.05) is 36.1 Å². The summed E-state index contributed by atoms with van der Waals surface area (Å²) < 4.78 is 32.5. The molecule has 1 rings (SSSR count). The van der Waals surface area contributed by atoms with Crippen molar-refractivity contribution in [2.24, 2.45) is 0 Å². The fraction of sp³-hybridized carbons (Fsp3) is 0.714. The summed E-state index contributed by atoms with van der Waals surface area (Å²) in [5.41, 5.74) is 0. The van der Waals surface area contributed by atoms with E-state index in [4.69, 9.17) is 4.74 Å². The predicted octanol–water partition coefficient (Wildman–Crippen LogP) is 2.26. The van der Waals surface area contributed by atoms with Gasteiger partial charge in [0.2, 0.25) is 10.0 Å². The molecule has 0 aliphatic heterocycles. The molecule has 0 unspecified atom stereocenters. The zero-order chi connectivity index (χ0) is 15.7. The molecule has 0 atom stereocenters. The zero-order valence-corrected chi connectivity index (χ0v) is 14.7. The molecule has 122 valence electrons. The normalized spacial score (nSPS) is 12.0. The van der Waals surface area contributed by atoms with Crippen LogP contribution in [0.4, 0.5) is 0 Å². The number of unbranched alkanes of at least 4 members (excludes halogenated alkanes) is 1. The first kappa shape index (κ1) is 18.6. The third-order valence-corrected chi connectivity index (χ3v) is 5.73. The lowest BCUT2D eigenvalue weighted by molar-refractivity contribution is 0.130. The first-order valence-corrected chi connectivity index (χ1v) is 9.62. The number of aryl methyl sites for hydroxylation is 1. The SMILES string of the molecule is CCCCOCCCNS(=O)(=O)c1cc(CNC)sc1C. The van der Waals surface area contributed by atoms with Crippen molar-refractivity contribution in [2.45, 2.75) is 44.6 Å². The van der Waals surface area contributed by atoms with E-state index in [2.05, 4.69) is 17.0 Å². The smallest absolute Gasteiger partial charge is 0.241 e. The summed E-state index contributed by atoms with van der Waals surface area (Å²) in [5.74, 6) is 0. The van der Waals surface area contributed by atoms with Gasteiger partial charge in [0.15, 0.2) is 0 Å². The van der Waals surface area contributed by atoms with Crippen LogP contribution in [0.25, 0.3) is 0 Å². The molecule has 0 spiro atoms. The van der Waals surface area contributed by atoms with E-state index in [1.165, 1.54) is 11.3 Å². The number of nitrogens with one attached hydrogen (secondary N) is 2. The Labute approximate surface area is 132 Å². The van der Waals surface area contributed by atoms with Crippen LogP contribution in [0.2, 0.25) is 0 Å². The van der Waals surface area contributed by atoms with Gasteiger partial charge in [0.25, 0.3) is 0 Å². The zero-order valence-electron chi connectivity index (χ0n) is 13.1. The number of hydrogen-bond acceptors (Lipinski definition) is 5. The molecular formula is C14H26N2O3S2. The maximum Gasteiger partial charge on any atom is 0.241 e. The minimum Gasteiger partial charge on any atom is -0.381 e. The van der Waals surface area contributed by atoms with Gasteiger partial charge in [-0.05, 0) is 32.9 Å². The molecule has 1 aromatic heterocycles. The van der Waals surface area contributed by atoms with Gasteiger partial charge in [0.05, 0.1) is 4.90 Å². The Bertz CT molecular complexity index is 512. The van der Waals surface area contributed by atoms with E-state index >= 15 is 0 Å². The van der Waals surface area contributed by atoms with E-state index in [0.29, 0.717) is 31.0 Å². The molecule has 0 radical (unpaired) electrons. The van der Waals surface area contributed by atoms with Gasteiger partial charge in [-0.25, -0.2) is 13.1 Å². The highest BCUT2D eigenvalue weighted by molar-refractivity contribution is 7.89. The third kappa shape index (κ3) is 6.44. The number of hydrogen-bond donors (Lipinski definition) is 2. The maximum atomic E-state index is 12.2. The summed E-state index contributed by atoms with van der Waals surface area (Å²) in [5, 5.41) is 3.03. The molecular weight excluding hydrogens is 308 g/mol. The first-order chi connectivity index (χ1) is 10.0. The van der Waals surface area contributed by atoms with Crippen LogP contribution in [0, 0.1) is 6.92 Å². The van der Waals surface area contributed by atoms with E-state index in [1.54, 1.807) is 6.07 Å². The van der Waals surface area contributed by atoms with Crippen LogP contribution in [0.3, 0.4) is 0 Å². The lowest BCUT2D eigenvalue weighted by atomic mass is 10.4. The molecule has 7 heteroatoms. The summed E-state index contributed by atoms with van der Waals surface area (Å²) in [4.78, 5) is 2.25. The molecule has 21 heavy (non-hydrogen) atoms. The van der Waals surface area contributed by atoms with Crippen molar-refractivity contribution >= 4 is 21.4 Å². The van der Waals surface area contributed by atoms with Gasteiger partial charge in [-0.2, -0.15) is 0 Å². The minimum absolute atomic E-state index is 0.393. The molecule has 0 aliphatic rings. The Morgan fingerprint density at radius 2 is 2.00 bits per heavy atom. The van der Waals surface area contributed by atoms with Crippen molar-refractivity contribution in [3.05, 3.63) is 15.8 Å². The van der Waals surface area contributed by atoms with Crippen LogP contribution in [0.1, 0.15) is 35.9 Å². The largest absolute Gasteiger partial charge is 0.381 e. The number of ether oxygens (including phenoxy) is 1. The van der Waals surface area contributed by atoms with Crippen LogP contribution in [0.5, 0.6) is 0 Å². The van der Waals surface area contributed by atoms with E-state index in [9.17, 15) is 8.42 Å². The number of thiophene rings is 1. The average molecular weight is 335 g/mol. The van der Waals surface area contributed by atoms with Crippen molar-refractivity contribution in [3.8, 4) is 0 Å². The van der Waals surface area contributed by atoms with Crippen molar-refractivity contribution in [2.75, 3.05) is 26.8 Å². The van der Waals surface area contributed by atoms with Crippen LogP contribution in [-0.4, -0.2) is 35.2 Å². The summed E-state index contributed by atoms with van der Waals surface area (Å²) in [7, 11) is -1.56. The molecule has 0 bridgehead atoms. The van der Waals surface area contributed by atoms with Crippen LogP contribution in [-0.2, 0) is 21.3 Å². The topological polar surface area (TPSA) is 67.4 Å². The Balaban J connectivity index is 2.43. The van der Waals surface area contributed by atoms with Gasteiger partial charge >= 0.3 is 0 Å². The van der Waals surface area contributed by atoms with Gasteiger partial charge in [-0.15, -0.1) is 11.3 Å². The lowest BCUT2D eigenvalue weighted by Gasteiger charge is -2.06. The van der Waals surface area contributed by atoms with Crippen molar-refractivity contribution in [1.82, 2.24) is 10.0 Å². The highest BCUT2D eigenvalue weighted by atomic mass is 32.2. The molecule has 0 aliphatic carbocycles. The van der Waals surface area contributed by atoms with E-state index in [-0.39, 0.29) is 0 Å². The van der Waals surface area contributed by atoms with Crippen molar-refractivity contribution < 1.29 is 13.2 Å². The molecule has 0 amide bonds. The molecule has 5 nitrogen and oxygen atoms in total. The summed E-state index contributed by atoms with van der Waals surface area (Å²) in [6.45, 7) is 6.39. The molecule has 0 saturated heterocycles. The summed E-state index contributed by atoms with van der Waals surface area (Å²) in [6.07, 6.45) is 2.85. The maximum absolute atomic E-state index is 12.2. The van der Waals surface area contributed by atoms with E-state index < -0.39 is 10.0 Å². The molecule has 1 heterocycles. The van der Waals surface area contributed by atoms with E-state index in [1.807, 2.05) is 14.0 Å². The molecule has 0 aromatic carbocycles. The lowest BCUT2D eigenvalue weighted by Crippen LogP contribution is -2.25. The van der Waals surface area contributed by atoms with Gasteiger partial charge in [0.1, 0.15) is 0 Å². The van der Waals surface area contributed by atoms with Crippen molar-refractivity contribution in [1.29, 1.82) is 0 Å². The molecule has 1 aromatic rings. The quantitative estimate of drug-likeness (QED) is 0.609. The van der Waals surface area contributed by atoms with E-state index in [0.717, 1.165) is 29.2 Å². The fourth-order valence-corrected chi connectivity index (χ4v) is 4.58. The molecule has 0 fully saturated rings. The fourth-order valence-electron chi connectivity index (χ4n) is 1.86. The molecule has 2 N–H and O–H groups in total. The van der Waals surface area contributed by atoms with Crippen LogP contribution in [0.15, 0.2) is 11.0 Å². The predicted molar refractivity (Wildman–Crippen MR) is 87.4 cm³/mol. The summed E-state index contributed by atoms with van der Waals surface area (Å²) >= 11 is 1.51. The second-order valence-corrected chi connectivity index (χ2v) is 7.96.